The predicted molar refractivity (Wildman–Crippen MR) is 288 cm³/mol. The third kappa shape index (κ3) is 6.33. The second kappa shape index (κ2) is 16.3. The van der Waals surface area contributed by atoms with Crippen LogP contribution >= 0.6 is 0 Å². The highest BCUT2D eigenvalue weighted by Crippen LogP contribution is 2.76. The fourth-order valence-electron chi connectivity index (χ4n) is 13.4. The van der Waals surface area contributed by atoms with Gasteiger partial charge in [-0.2, -0.15) is 0 Å². The summed E-state index contributed by atoms with van der Waals surface area (Å²) in [5.41, 5.74) is 11.1. The van der Waals surface area contributed by atoms with Crippen LogP contribution in [0.2, 0.25) is 0 Å². The summed E-state index contributed by atoms with van der Waals surface area (Å²) < 4.78 is 59.6. The first kappa shape index (κ1) is 45.2. The average molecular weight is 949 g/mol. The molecule has 2 nitrogen and oxygen atoms in total. The number of halogens is 4. The van der Waals surface area contributed by atoms with E-state index >= 15 is 0 Å². The molecule has 0 saturated carbocycles. The van der Waals surface area contributed by atoms with E-state index in [0.29, 0.717) is 0 Å². The fourth-order valence-corrected chi connectivity index (χ4v) is 13.4. The molecule has 0 bridgehead atoms. The Kier molecular flexibility index (Phi) is 10.2. The number of fused-ring (bicyclic) bond motifs is 10. The van der Waals surface area contributed by atoms with Gasteiger partial charge in [-0.25, -0.2) is 17.6 Å². The number of benzene rings is 10. The molecule has 2 aliphatic carbocycles. The Morgan fingerprint density at radius 3 is 0.861 bits per heavy atom. The molecule has 0 saturated heterocycles. The van der Waals surface area contributed by atoms with Crippen LogP contribution in [0.15, 0.2) is 206 Å². The second-order valence-electron chi connectivity index (χ2n) is 21.4. The lowest BCUT2D eigenvalue weighted by molar-refractivity contribution is 0.0595. The van der Waals surface area contributed by atoms with E-state index in [9.17, 15) is 17.6 Å². The van der Waals surface area contributed by atoms with Crippen LogP contribution in [0.3, 0.4) is 0 Å². The van der Waals surface area contributed by atoms with Crippen LogP contribution in [0, 0.1) is 34.1 Å². The molecule has 0 radical (unpaired) electrons. The van der Waals surface area contributed by atoms with Crippen molar-refractivity contribution in [1.82, 2.24) is 0 Å². The molecule has 0 amide bonds. The van der Waals surface area contributed by atoms with Crippen LogP contribution < -0.4 is 9.80 Å². The molecule has 0 N–H and O–H groups in total. The van der Waals surface area contributed by atoms with E-state index < -0.39 is 21.7 Å². The highest BCUT2D eigenvalue weighted by molar-refractivity contribution is 6.13. The summed E-state index contributed by atoms with van der Waals surface area (Å²) in [5.74, 6) is -1.41. The first-order valence-electron chi connectivity index (χ1n) is 24.6. The summed E-state index contributed by atoms with van der Waals surface area (Å²) in [6.45, 7) is 14.3. The van der Waals surface area contributed by atoms with Gasteiger partial charge in [0, 0.05) is 44.4 Å². The average Bonchev–Trinajstić information content (AvgIpc) is 3.85. The Morgan fingerprint density at radius 1 is 0.306 bits per heavy atom. The van der Waals surface area contributed by atoms with E-state index in [-0.39, 0.29) is 23.3 Å². The lowest BCUT2D eigenvalue weighted by atomic mass is 9.39. The van der Waals surface area contributed by atoms with Gasteiger partial charge in [0.2, 0.25) is 0 Å². The van der Waals surface area contributed by atoms with Gasteiger partial charge in [-0.3, -0.25) is 0 Å². The van der Waals surface area contributed by atoms with E-state index in [4.69, 9.17) is 0 Å². The minimum Gasteiger partial charge on any atom is -0.310 e. The van der Waals surface area contributed by atoms with Crippen molar-refractivity contribution in [1.29, 1.82) is 0 Å². The topological polar surface area (TPSA) is 6.48 Å². The number of hydrogen-bond donors (Lipinski definition) is 0. The molecule has 0 spiro atoms. The van der Waals surface area contributed by atoms with E-state index in [1.54, 1.807) is 48.5 Å². The van der Waals surface area contributed by atoms with E-state index in [2.05, 4.69) is 161 Å². The first-order chi connectivity index (χ1) is 34.6. The molecule has 6 heteroatoms. The van der Waals surface area contributed by atoms with Crippen LogP contribution in [0.25, 0.3) is 43.8 Å². The Labute approximate surface area is 418 Å². The van der Waals surface area contributed by atoms with E-state index in [0.717, 1.165) is 89.0 Å². The molecule has 0 aliphatic heterocycles. The molecule has 0 heterocycles. The van der Waals surface area contributed by atoms with Crippen molar-refractivity contribution in [2.75, 3.05) is 9.80 Å². The number of nitrogens with zero attached hydrogens (tertiary/aromatic N) is 2. The third-order valence-corrected chi connectivity index (χ3v) is 15.7. The maximum absolute atomic E-state index is 14.9. The maximum Gasteiger partial charge on any atom is 0.123 e. The van der Waals surface area contributed by atoms with Crippen molar-refractivity contribution in [2.24, 2.45) is 10.8 Å². The summed E-state index contributed by atoms with van der Waals surface area (Å²) in [4.78, 5) is 4.26. The summed E-state index contributed by atoms with van der Waals surface area (Å²) in [6.07, 6.45) is 0. The molecular formula is C66H52F4N2. The minimum absolute atomic E-state index is 0.353. The molecule has 2 unspecified atom stereocenters. The molecule has 2 atom stereocenters. The highest BCUT2D eigenvalue weighted by atomic mass is 19.1. The number of anilines is 6. The van der Waals surface area contributed by atoms with Gasteiger partial charge >= 0.3 is 0 Å². The van der Waals surface area contributed by atoms with Gasteiger partial charge in [0.05, 0.1) is 11.4 Å². The van der Waals surface area contributed by atoms with Gasteiger partial charge in [-0.05, 0) is 175 Å². The third-order valence-electron chi connectivity index (χ3n) is 15.7. The van der Waals surface area contributed by atoms with Crippen molar-refractivity contribution in [3.8, 4) is 22.3 Å². The Morgan fingerprint density at radius 2 is 0.569 bits per heavy atom. The van der Waals surface area contributed by atoms with Gasteiger partial charge < -0.3 is 9.80 Å². The van der Waals surface area contributed by atoms with Gasteiger partial charge in [0.15, 0.2) is 0 Å². The molecule has 0 fully saturated rings. The maximum atomic E-state index is 14.9. The van der Waals surface area contributed by atoms with Crippen molar-refractivity contribution in [3.63, 3.8) is 0 Å². The van der Waals surface area contributed by atoms with E-state index in [1.807, 2.05) is 0 Å². The Hall–Kier alpha value is -7.96. The minimum atomic E-state index is -0.863. The van der Waals surface area contributed by atoms with Crippen molar-refractivity contribution >= 4 is 55.7 Å². The van der Waals surface area contributed by atoms with Gasteiger partial charge in [0.25, 0.3) is 0 Å². The molecule has 72 heavy (non-hydrogen) atoms. The molecule has 10 aromatic rings. The van der Waals surface area contributed by atoms with Gasteiger partial charge in [-0.1, -0.05) is 139 Å². The van der Waals surface area contributed by atoms with Gasteiger partial charge in [0.1, 0.15) is 23.3 Å². The quantitative estimate of drug-likeness (QED) is 0.147. The first-order valence-corrected chi connectivity index (χ1v) is 24.6. The van der Waals surface area contributed by atoms with Crippen LogP contribution in [-0.4, -0.2) is 0 Å². The highest BCUT2D eigenvalue weighted by Gasteiger charge is 2.71. The van der Waals surface area contributed by atoms with Crippen molar-refractivity contribution < 1.29 is 17.6 Å². The zero-order valence-electron chi connectivity index (χ0n) is 41.0. The summed E-state index contributed by atoms with van der Waals surface area (Å²) in [7, 11) is 0. The van der Waals surface area contributed by atoms with Crippen LogP contribution in [-0.2, 0) is 10.8 Å². The van der Waals surface area contributed by atoms with Crippen LogP contribution in [0.5, 0.6) is 0 Å². The van der Waals surface area contributed by atoms with Crippen molar-refractivity contribution in [2.45, 2.75) is 52.4 Å². The SMILES string of the molecule is CC(C)(C)C1(C2(C(C)(C)C)c3ccccc3-c3c2cc(N(c2ccc(F)cc2)c2ccc(F)cc2)c2ccccc32)c2ccccc2-c2c1cc(N(c1ccc(F)cc1)c1ccc(F)cc1)c1ccccc21. The molecule has 0 aromatic heterocycles. The summed E-state index contributed by atoms with van der Waals surface area (Å²) >= 11 is 0. The Bertz CT molecular complexity index is 3420. The zero-order valence-corrected chi connectivity index (χ0v) is 41.0. The monoisotopic (exact) mass is 948 g/mol. The molecule has 12 rings (SSSR count). The second-order valence-corrected chi connectivity index (χ2v) is 21.4. The predicted octanol–water partition coefficient (Wildman–Crippen LogP) is 18.8. The van der Waals surface area contributed by atoms with Crippen LogP contribution in [0.4, 0.5) is 51.7 Å². The number of hydrogen-bond acceptors (Lipinski definition) is 2. The lowest BCUT2D eigenvalue weighted by Gasteiger charge is -2.62. The normalized spacial score (nSPS) is 16.9. The largest absolute Gasteiger partial charge is 0.310 e. The van der Waals surface area contributed by atoms with E-state index in [1.165, 1.54) is 59.7 Å². The molecule has 2 aliphatic rings. The Balaban J connectivity index is 1.28. The van der Waals surface area contributed by atoms with Crippen molar-refractivity contribution in [3.05, 3.63) is 252 Å². The molecular weight excluding hydrogens is 897 g/mol. The number of rotatable bonds is 7. The molecule has 10 aromatic carbocycles. The standard InChI is InChI=1S/C66H52F4N2/c1-63(2,3)65(55-21-13-11-19-53(55)61-51-17-9-7-15-49(51)59(39-57(61)65)71(45-31-23-41(67)24-32-45)46-33-25-42(68)26-34-46)66(64(4,5)6)56-22-14-12-20-54(56)62-52-18-10-8-16-50(52)60(40-58(62)66)72(47-35-27-43(69)28-36-47)48-37-29-44(70)30-38-48/h7-40H,1-6H3. The lowest BCUT2D eigenvalue weighted by Crippen LogP contribution is -2.62. The zero-order chi connectivity index (χ0) is 49.9. The van der Waals surface area contributed by atoms with Gasteiger partial charge in [-0.15, -0.1) is 0 Å². The smallest absolute Gasteiger partial charge is 0.123 e. The summed E-state index contributed by atoms with van der Waals surface area (Å²) in [5, 5.41) is 4.10. The fraction of sp³-hybridized carbons (Fsp3) is 0.152. The molecule has 354 valence electrons. The summed E-state index contributed by atoms with van der Waals surface area (Å²) in [6, 6.07) is 65.8. The van der Waals surface area contributed by atoms with Crippen LogP contribution in [0.1, 0.15) is 63.8 Å².